The van der Waals surface area contributed by atoms with Gasteiger partial charge in [0.1, 0.15) is 23.7 Å². The van der Waals surface area contributed by atoms with E-state index in [2.05, 4.69) is 10.4 Å². The Labute approximate surface area is 129 Å². The average molecular weight is 327 g/mol. The first-order valence-corrected chi connectivity index (χ1v) is 6.60. The van der Waals surface area contributed by atoms with Crippen molar-refractivity contribution >= 4 is 28.9 Å². The number of rotatable bonds is 4. The zero-order valence-corrected chi connectivity index (χ0v) is 12.5. The molecule has 0 atom stereocenters. The number of halogens is 2. The van der Waals surface area contributed by atoms with Crippen LogP contribution in [0.4, 0.5) is 15.8 Å². The molecule has 9 heteroatoms. The molecule has 116 valence electrons. The van der Waals surface area contributed by atoms with Gasteiger partial charge in [-0.2, -0.15) is 5.10 Å². The third-order valence-corrected chi connectivity index (χ3v) is 3.26. The van der Waals surface area contributed by atoms with Crippen LogP contribution in [0.25, 0.3) is 0 Å². The number of nitrogens with zero attached hydrogens (tertiary/aromatic N) is 3. The summed E-state index contributed by atoms with van der Waals surface area (Å²) in [5.74, 6) is -1.20. The number of benzene rings is 1. The average Bonchev–Trinajstić information content (AvgIpc) is 2.68. The van der Waals surface area contributed by atoms with Gasteiger partial charge >= 0.3 is 5.69 Å². The van der Waals surface area contributed by atoms with E-state index >= 15 is 0 Å². The second-order valence-corrected chi connectivity index (χ2v) is 5.04. The molecule has 0 saturated carbocycles. The molecule has 0 aliphatic carbocycles. The van der Waals surface area contributed by atoms with Crippen LogP contribution < -0.4 is 5.32 Å². The lowest BCUT2D eigenvalue weighted by molar-refractivity contribution is -0.386. The highest BCUT2D eigenvalue weighted by Crippen LogP contribution is 2.22. The molecule has 1 heterocycles. The summed E-state index contributed by atoms with van der Waals surface area (Å²) in [5.41, 5.74) is 0.267. The quantitative estimate of drug-likeness (QED) is 0.691. The van der Waals surface area contributed by atoms with E-state index in [0.717, 1.165) is 6.07 Å². The largest absolute Gasteiger partial charge is 0.322 e. The summed E-state index contributed by atoms with van der Waals surface area (Å²) < 4.78 is 14.7. The Balaban J connectivity index is 2.18. The van der Waals surface area contributed by atoms with Crippen molar-refractivity contribution in [3.05, 3.63) is 50.5 Å². The molecular weight excluding hydrogens is 315 g/mol. The van der Waals surface area contributed by atoms with E-state index in [1.165, 1.54) is 30.7 Å². The van der Waals surface area contributed by atoms with Crippen LogP contribution in [0.15, 0.2) is 18.2 Å². The van der Waals surface area contributed by atoms with Crippen LogP contribution >= 0.6 is 11.6 Å². The van der Waals surface area contributed by atoms with E-state index in [9.17, 15) is 19.3 Å². The van der Waals surface area contributed by atoms with Gasteiger partial charge in [-0.25, -0.2) is 4.39 Å². The first-order chi connectivity index (χ1) is 10.3. The smallest absolute Gasteiger partial charge is 0.312 e. The number of aryl methyl sites for hydroxylation is 1. The molecule has 0 saturated heterocycles. The van der Waals surface area contributed by atoms with Crippen molar-refractivity contribution in [3.63, 3.8) is 0 Å². The van der Waals surface area contributed by atoms with Crippen LogP contribution in [0.1, 0.15) is 11.4 Å². The molecule has 1 aromatic heterocycles. The van der Waals surface area contributed by atoms with Crippen molar-refractivity contribution in [3.8, 4) is 0 Å². The van der Waals surface area contributed by atoms with E-state index in [1.807, 2.05) is 0 Å². The van der Waals surface area contributed by atoms with Gasteiger partial charge < -0.3 is 5.32 Å². The summed E-state index contributed by atoms with van der Waals surface area (Å²) in [6.07, 6.45) is 0. The van der Waals surface area contributed by atoms with Gasteiger partial charge in [0.2, 0.25) is 5.91 Å². The molecule has 0 radical (unpaired) electrons. The monoisotopic (exact) mass is 326 g/mol. The maximum absolute atomic E-state index is 13.5. The topological polar surface area (TPSA) is 90.1 Å². The minimum atomic E-state index is -0.628. The van der Waals surface area contributed by atoms with E-state index in [4.69, 9.17) is 11.6 Å². The summed E-state index contributed by atoms with van der Waals surface area (Å²) in [6, 6.07) is 3.77. The standard InChI is InChI=1S/C13H12ClFN4O3/c1-7-13(19(21)22)8(2)18(17-7)6-12(20)16-11-5-9(14)3-4-10(11)15/h3-5H,6H2,1-2H3,(H,16,20). The lowest BCUT2D eigenvalue weighted by atomic mass is 10.3. The van der Waals surface area contributed by atoms with Gasteiger partial charge in [0, 0.05) is 5.02 Å². The molecule has 0 aliphatic rings. The van der Waals surface area contributed by atoms with Crippen molar-refractivity contribution in [2.45, 2.75) is 20.4 Å². The van der Waals surface area contributed by atoms with Crippen LogP contribution in [0.5, 0.6) is 0 Å². The normalized spacial score (nSPS) is 10.5. The highest BCUT2D eigenvalue weighted by atomic mass is 35.5. The molecule has 0 spiro atoms. The van der Waals surface area contributed by atoms with E-state index < -0.39 is 16.6 Å². The van der Waals surface area contributed by atoms with Crippen LogP contribution in [-0.4, -0.2) is 20.6 Å². The second-order valence-electron chi connectivity index (χ2n) is 4.61. The Hall–Kier alpha value is -2.48. The first kappa shape index (κ1) is 15.9. The highest BCUT2D eigenvalue weighted by Gasteiger charge is 2.22. The lowest BCUT2D eigenvalue weighted by Crippen LogP contribution is -2.21. The fourth-order valence-electron chi connectivity index (χ4n) is 2.02. The summed E-state index contributed by atoms with van der Waals surface area (Å²) in [7, 11) is 0. The number of aromatic nitrogens is 2. The molecule has 1 N–H and O–H groups in total. The highest BCUT2D eigenvalue weighted by molar-refractivity contribution is 6.30. The SMILES string of the molecule is Cc1nn(CC(=O)Nc2cc(Cl)ccc2F)c(C)c1[N+](=O)[O-]. The molecule has 0 aliphatic heterocycles. The number of nitro groups is 1. The Morgan fingerprint density at radius 1 is 1.50 bits per heavy atom. The summed E-state index contributed by atoms with van der Waals surface area (Å²) in [5, 5.41) is 17.5. The Morgan fingerprint density at radius 3 is 2.77 bits per heavy atom. The van der Waals surface area contributed by atoms with Crippen LogP contribution in [0, 0.1) is 29.8 Å². The van der Waals surface area contributed by atoms with Crippen molar-refractivity contribution in [1.82, 2.24) is 9.78 Å². The molecule has 0 unspecified atom stereocenters. The van der Waals surface area contributed by atoms with Crippen molar-refractivity contribution in [2.24, 2.45) is 0 Å². The van der Waals surface area contributed by atoms with Gasteiger partial charge in [-0.15, -0.1) is 0 Å². The molecule has 0 fully saturated rings. The van der Waals surface area contributed by atoms with Gasteiger partial charge in [0.25, 0.3) is 0 Å². The maximum Gasteiger partial charge on any atom is 0.312 e. The molecular formula is C13H12ClFN4O3. The Bertz CT molecular complexity index is 760. The number of hydrogen-bond acceptors (Lipinski definition) is 4. The molecule has 0 bridgehead atoms. The molecule has 1 aromatic carbocycles. The molecule has 7 nitrogen and oxygen atoms in total. The van der Waals surface area contributed by atoms with Crippen molar-refractivity contribution < 1.29 is 14.1 Å². The fraction of sp³-hybridized carbons (Fsp3) is 0.231. The van der Waals surface area contributed by atoms with Gasteiger partial charge in [0.05, 0.1) is 10.6 Å². The molecule has 22 heavy (non-hydrogen) atoms. The van der Waals surface area contributed by atoms with E-state index in [-0.39, 0.29) is 34.3 Å². The van der Waals surface area contributed by atoms with E-state index in [1.54, 1.807) is 0 Å². The maximum atomic E-state index is 13.5. The van der Waals surface area contributed by atoms with Crippen LogP contribution in [0.3, 0.4) is 0 Å². The zero-order chi connectivity index (χ0) is 16.4. The van der Waals surface area contributed by atoms with Gasteiger partial charge in [0.15, 0.2) is 0 Å². The first-order valence-electron chi connectivity index (χ1n) is 6.23. The summed E-state index contributed by atoms with van der Waals surface area (Å²) >= 11 is 5.73. The number of nitrogens with one attached hydrogen (secondary N) is 1. The number of carbonyl (C=O) groups is 1. The van der Waals surface area contributed by atoms with Crippen molar-refractivity contribution in [2.75, 3.05) is 5.32 Å². The second kappa shape index (κ2) is 6.10. The third-order valence-electron chi connectivity index (χ3n) is 3.02. The third kappa shape index (κ3) is 3.22. The Morgan fingerprint density at radius 2 is 2.18 bits per heavy atom. The number of amides is 1. The number of hydrogen-bond donors (Lipinski definition) is 1. The van der Waals surface area contributed by atoms with Gasteiger partial charge in [-0.3, -0.25) is 19.6 Å². The molecule has 1 amide bonds. The Kier molecular flexibility index (Phi) is 4.41. The van der Waals surface area contributed by atoms with Gasteiger partial charge in [-0.1, -0.05) is 11.6 Å². The number of carbonyl (C=O) groups excluding carboxylic acids is 1. The number of anilines is 1. The zero-order valence-electron chi connectivity index (χ0n) is 11.8. The van der Waals surface area contributed by atoms with Crippen LogP contribution in [-0.2, 0) is 11.3 Å². The predicted octanol–water partition coefficient (Wildman–Crippen LogP) is 2.84. The fourth-order valence-corrected chi connectivity index (χ4v) is 2.20. The lowest BCUT2D eigenvalue weighted by Gasteiger charge is -2.07. The molecule has 2 rings (SSSR count). The summed E-state index contributed by atoms with van der Waals surface area (Å²) in [6.45, 7) is 2.70. The van der Waals surface area contributed by atoms with Gasteiger partial charge in [-0.05, 0) is 32.0 Å². The minimum absolute atomic E-state index is 0.0615. The van der Waals surface area contributed by atoms with Crippen LogP contribution in [0.2, 0.25) is 5.02 Å². The minimum Gasteiger partial charge on any atom is -0.322 e. The van der Waals surface area contributed by atoms with E-state index in [0.29, 0.717) is 0 Å². The van der Waals surface area contributed by atoms with Crippen molar-refractivity contribution in [1.29, 1.82) is 0 Å². The predicted molar refractivity (Wildman–Crippen MR) is 78.4 cm³/mol. The molecule has 2 aromatic rings. The summed E-state index contributed by atoms with van der Waals surface area (Å²) in [4.78, 5) is 22.3.